The summed E-state index contributed by atoms with van der Waals surface area (Å²) in [5.74, 6) is 0.860. The molecule has 0 spiro atoms. The average molecular weight is 489 g/mol. The van der Waals surface area contributed by atoms with Gasteiger partial charge >= 0.3 is 6.09 Å². The van der Waals surface area contributed by atoms with Crippen molar-refractivity contribution in [3.63, 3.8) is 0 Å². The molecule has 2 heterocycles. The van der Waals surface area contributed by atoms with E-state index >= 15 is 0 Å². The topological polar surface area (TPSA) is 78.9 Å². The van der Waals surface area contributed by atoms with Gasteiger partial charge in [-0.3, -0.25) is 9.98 Å². The zero-order valence-corrected chi connectivity index (χ0v) is 19.2. The molecule has 152 valence electrons. The fourth-order valence-corrected chi connectivity index (χ4v) is 2.84. The first-order chi connectivity index (χ1) is 12.3. The highest BCUT2D eigenvalue weighted by Gasteiger charge is 2.27. The molecule has 27 heavy (non-hydrogen) atoms. The third-order valence-corrected chi connectivity index (χ3v) is 4.09. The van der Waals surface area contributed by atoms with Gasteiger partial charge in [0.25, 0.3) is 0 Å². The van der Waals surface area contributed by atoms with E-state index in [4.69, 9.17) is 4.74 Å². The zero-order valence-electron chi connectivity index (χ0n) is 16.9. The van der Waals surface area contributed by atoms with Gasteiger partial charge in [0.15, 0.2) is 5.96 Å². The highest BCUT2D eigenvalue weighted by Crippen LogP contribution is 2.12. The third-order valence-electron chi connectivity index (χ3n) is 4.09. The van der Waals surface area contributed by atoms with E-state index in [0.717, 1.165) is 44.1 Å². The fraction of sp³-hybridized carbons (Fsp3) is 0.632. The summed E-state index contributed by atoms with van der Waals surface area (Å²) in [4.78, 5) is 22.7. The second kappa shape index (κ2) is 10.7. The van der Waals surface area contributed by atoms with E-state index in [1.165, 1.54) is 5.56 Å². The smallest absolute Gasteiger partial charge is 0.407 e. The van der Waals surface area contributed by atoms with E-state index in [1.807, 2.05) is 40.0 Å². The van der Waals surface area contributed by atoms with Crippen molar-refractivity contribution >= 4 is 36.0 Å². The molecule has 1 aliphatic rings. The lowest BCUT2D eigenvalue weighted by Crippen LogP contribution is -2.44. The number of alkyl carbamates (subject to hydrolysis) is 1. The number of aliphatic imine (C=N–C) groups is 1. The molecule has 0 aliphatic carbocycles. The third kappa shape index (κ3) is 8.32. The fourth-order valence-electron chi connectivity index (χ4n) is 2.84. The van der Waals surface area contributed by atoms with Crippen LogP contribution >= 0.6 is 24.0 Å². The Morgan fingerprint density at radius 2 is 2.15 bits per heavy atom. The quantitative estimate of drug-likeness (QED) is 0.387. The number of aryl methyl sites for hydroxylation is 1. The van der Waals surface area contributed by atoms with Crippen molar-refractivity contribution in [2.75, 3.05) is 26.7 Å². The predicted molar refractivity (Wildman–Crippen MR) is 119 cm³/mol. The van der Waals surface area contributed by atoms with Crippen molar-refractivity contribution in [2.24, 2.45) is 4.99 Å². The first-order valence-electron chi connectivity index (χ1n) is 9.13. The number of hydrogen-bond donors (Lipinski definition) is 2. The van der Waals surface area contributed by atoms with E-state index in [1.54, 1.807) is 7.05 Å². The molecular weight excluding hydrogens is 457 g/mol. The van der Waals surface area contributed by atoms with Gasteiger partial charge in [-0.05, 0) is 52.2 Å². The van der Waals surface area contributed by atoms with Gasteiger partial charge in [-0.15, -0.1) is 24.0 Å². The lowest BCUT2D eigenvalue weighted by molar-refractivity contribution is 0.0507. The Kier molecular flexibility index (Phi) is 9.28. The number of likely N-dealkylation sites (tertiary alicyclic amines) is 1. The largest absolute Gasteiger partial charge is 0.444 e. The standard InChI is InChI=1S/C19H31N5O2.HI/c1-14-6-7-15(12-22-14)8-10-21-17(20-5)24-11-9-16(13-24)23-18(25)26-19(2,3)4;/h6-7,12,16H,8-11,13H2,1-5H3,(H,20,21)(H,23,25);1H. The lowest BCUT2D eigenvalue weighted by atomic mass is 10.2. The Hall–Kier alpha value is -1.58. The number of aromatic nitrogens is 1. The van der Waals surface area contributed by atoms with Crippen LogP contribution in [0.15, 0.2) is 23.3 Å². The molecule has 1 amide bonds. The summed E-state index contributed by atoms with van der Waals surface area (Å²) >= 11 is 0. The Bertz CT molecular complexity index is 628. The van der Waals surface area contributed by atoms with Crippen LogP contribution in [0.1, 0.15) is 38.4 Å². The highest BCUT2D eigenvalue weighted by atomic mass is 127. The number of nitrogens with zero attached hydrogens (tertiary/aromatic N) is 3. The van der Waals surface area contributed by atoms with Crippen LogP contribution in [0.4, 0.5) is 4.79 Å². The van der Waals surface area contributed by atoms with Gasteiger partial charge in [0.05, 0.1) is 6.04 Å². The van der Waals surface area contributed by atoms with Crippen molar-refractivity contribution in [1.82, 2.24) is 20.5 Å². The Balaban J connectivity index is 0.00000364. The maximum atomic E-state index is 11.9. The minimum Gasteiger partial charge on any atom is -0.444 e. The second-order valence-electron chi connectivity index (χ2n) is 7.61. The van der Waals surface area contributed by atoms with Gasteiger partial charge < -0.3 is 20.3 Å². The van der Waals surface area contributed by atoms with Crippen molar-refractivity contribution < 1.29 is 9.53 Å². The Morgan fingerprint density at radius 3 is 2.74 bits per heavy atom. The number of pyridine rings is 1. The number of guanidine groups is 1. The summed E-state index contributed by atoms with van der Waals surface area (Å²) in [7, 11) is 1.78. The van der Waals surface area contributed by atoms with Crippen LogP contribution in [0.5, 0.6) is 0 Å². The maximum absolute atomic E-state index is 11.9. The summed E-state index contributed by atoms with van der Waals surface area (Å²) in [6.07, 6.45) is 3.32. The molecule has 1 saturated heterocycles. The first-order valence-corrected chi connectivity index (χ1v) is 9.13. The summed E-state index contributed by atoms with van der Waals surface area (Å²) < 4.78 is 5.32. The van der Waals surface area contributed by atoms with E-state index in [-0.39, 0.29) is 36.1 Å². The van der Waals surface area contributed by atoms with E-state index in [2.05, 4.69) is 31.6 Å². The number of halogens is 1. The van der Waals surface area contributed by atoms with Crippen LogP contribution in [-0.4, -0.2) is 60.3 Å². The van der Waals surface area contributed by atoms with Gasteiger partial charge in [0, 0.05) is 38.6 Å². The number of hydrogen-bond acceptors (Lipinski definition) is 4. The molecule has 0 saturated carbocycles. The molecule has 7 nitrogen and oxygen atoms in total. The molecule has 2 rings (SSSR count). The van der Waals surface area contributed by atoms with Gasteiger partial charge in [-0.25, -0.2) is 4.79 Å². The number of carbonyl (C=O) groups is 1. The van der Waals surface area contributed by atoms with Crippen molar-refractivity contribution in [3.8, 4) is 0 Å². The lowest BCUT2D eigenvalue weighted by Gasteiger charge is -2.23. The summed E-state index contributed by atoms with van der Waals surface area (Å²) in [6, 6.07) is 4.20. The molecule has 1 aliphatic heterocycles. The summed E-state index contributed by atoms with van der Waals surface area (Å²) in [5.41, 5.74) is 1.74. The Labute approximate surface area is 179 Å². The number of rotatable bonds is 4. The Morgan fingerprint density at radius 1 is 1.41 bits per heavy atom. The SMILES string of the molecule is CN=C(NCCc1ccc(C)nc1)N1CCC(NC(=O)OC(C)(C)C)C1.I. The van der Waals surface area contributed by atoms with Crippen LogP contribution in [-0.2, 0) is 11.2 Å². The molecular formula is C19H32IN5O2. The van der Waals surface area contributed by atoms with Crippen molar-refractivity contribution in [3.05, 3.63) is 29.6 Å². The molecule has 1 fully saturated rings. The molecule has 8 heteroatoms. The van der Waals surface area contributed by atoms with Crippen LogP contribution in [0.2, 0.25) is 0 Å². The average Bonchev–Trinajstić information content (AvgIpc) is 2.99. The molecule has 1 unspecified atom stereocenters. The monoisotopic (exact) mass is 489 g/mol. The van der Waals surface area contributed by atoms with E-state index in [0.29, 0.717) is 0 Å². The van der Waals surface area contributed by atoms with Gasteiger partial charge in [0.1, 0.15) is 5.60 Å². The van der Waals surface area contributed by atoms with Gasteiger partial charge in [-0.2, -0.15) is 0 Å². The second-order valence-corrected chi connectivity index (χ2v) is 7.61. The van der Waals surface area contributed by atoms with Crippen molar-refractivity contribution in [1.29, 1.82) is 0 Å². The molecule has 1 aromatic rings. The summed E-state index contributed by atoms with van der Waals surface area (Å²) in [5, 5.41) is 6.33. The van der Waals surface area contributed by atoms with Crippen molar-refractivity contribution in [2.45, 2.75) is 52.2 Å². The highest BCUT2D eigenvalue weighted by molar-refractivity contribution is 14.0. The number of amides is 1. The van der Waals surface area contributed by atoms with E-state index < -0.39 is 5.60 Å². The molecule has 0 aromatic carbocycles. The number of ether oxygens (including phenoxy) is 1. The zero-order chi connectivity index (χ0) is 19.2. The first kappa shape index (κ1) is 23.5. The van der Waals surface area contributed by atoms with E-state index in [9.17, 15) is 4.79 Å². The minimum atomic E-state index is -0.481. The minimum absolute atomic E-state index is 0. The normalized spacial score (nSPS) is 17.3. The van der Waals surface area contributed by atoms with Gasteiger partial charge in [-0.1, -0.05) is 6.07 Å². The molecule has 1 atom stereocenters. The maximum Gasteiger partial charge on any atom is 0.407 e. The number of nitrogens with one attached hydrogen (secondary N) is 2. The predicted octanol–water partition coefficient (Wildman–Crippen LogP) is 2.72. The molecule has 0 radical (unpaired) electrons. The molecule has 1 aromatic heterocycles. The summed E-state index contributed by atoms with van der Waals surface area (Å²) in [6.45, 7) is 9.95. The van der Waals surface area contributed by atoms with Crippen LogP contribution in [0.3, 0.4) is 0 Å². The van der Waals surface area contributed by atoms with Crippen LogP contribution in [0, 0.1) is 6.92 Å². The molecule has 2 N–H and O–H groups in total. The van der Waals surface area contributed by atoms with Gasteiger partial charge in [0.2, 0.25) is 0 Å². The van der Waals surface area contributed by atoms with Crippen LogP contribution < -0.4 is 10.6 Å². The number of carbonyl (C=O) groups excluding carboxylic acids is 1. The van der Waals surface area contributed by atoms with Crippen LogP contribution in [0.25, 0.3) is 0 Å². The molecule has 0 bridgehead atoms.